The first-order valence-electron chi connectivity index (χ1n) is 10.6. The molecule has 1 amide bonds. The van der Waals surface area contributed by atoms with Crippen molar-refractivity contribution in [3.8, 4) is 17.2 Å². The monoisotopic (exact) mass is 415 g/mol. The van der Waals surface area contributed by atoms with Crippen LogP contribution in [0.4, 0.5) is 0 Å². The van der Waals surface area contributed by atoms with Crippen molar-refractivity contribution in [2.45, 2.75) is 40.2 Å². The molecule has 0 saturated heterocycles. The van der Waals surface area contributed by atoms with E-state index in [-0.39, 0.29) is 12.0 Å². The summed E-state index contributed by atoms with van der Waals surface area (Å²) >= 11 is 0. The zero-order chi connectivity index (χ0) is 21.8. The van der Waals surface area contributed by atoms with Gasteiger partial charge in [-0.1, -0.05) is 30.3 Å². The summed E-state index contributed by atoms with van der Waals surface area (Å²) in [4.78, 5) is 12.6. The van der Waals surface area contributed by atoms with Gasteiger partial charge in [0.15, 0.2) is 11.5 Å². The van der Waals surface area contributed by atoms with Crippen molar-refractivity contribution in [2.75, 3.05) is 33.0 Å². The van der Waals surface area contributed by atoms with Gasteiger partial charge in [-0.2, -0.15) is 0 Å². The standard InChI is InChI=1S/C24H33NO5/c1-5-27-21-16-20(17-22(28-6-2)23(21)29-7-3)24(26)25-14-11-15-30-18(4)19-12-9-8-10-13-19/h8-10,12-13,16-18H,5-7,11,14-15H2,1-4H3,(H,25,26). The maximum absolute atomic E-state index is 12.6. The van der Waals surface area contributed by atoms with E-state index in [1.807, 2.05) is 58.0 Å². The number of benzene rings is 2. The number of hydrogen-bond donors (Lipinski definition) is 1. The van der Waals surface area contributed by atoms with Crippen LogP contribution in [0.1, 0.15) is 56.1 Å². The van der Waals surface area contributed by atoms with Crippen molar-refractivity contribution in [1.82, 2.24) is 5.32 Å². The minimum Gasteiger partial charge on any atom is -0.490 e. The summed E-state index contributed by atoms with van der Waals surface area (Å²) in [5.74, 6) is 1.36. The molecule has 0 spiro atoms. The van der Waals surface area contributed by atoms with Crippen LogP contribution in [0.3, 0.4) is 0 Å². The summed E-state index contributed by atoms with van der Waals surface area (Å²) in [6.07, 6.45) is 0.742. The van der Waals surface area contributed by atoms with Gasteiger partial charge in [-0.15, -0.1) is 0 Å². The van der Waals surface area contributed by atoms with E-state index in [9.17, 15) is 4.79 Å². The Labute approximate surface area is 179 Å². The Balaban J connectivity index is 1.92. The predicted molar refractivity (Wildman–Crippen MR) is 118 cm³/mol. The van der Waals surface area contributed by atoms with Crippen LogP contribution in [0.2, 0.25) is 0 Å². The first-order valence-corrected chi connectivity index (χ1v) is 10.6. The van der Waals surface area contributed by atoms with Crippen molar-refractivity contribution in [2.24, 2.45) is 0 Å². The maximum atomic E-state index is 12.6. The smallest absolute Gasteiger partial charge is 0.251 e. The van der Waals surface area contributed by atoms with Gasteiger partial charge in [0.05, 0.1) is 25.9 Å². The molecular weight excluding hydrogens is 382 g/mol. The van der Waals surface area contributed by atoms with Crippen LogP contribution in [0.5, 0.6) is 17.2 Å². The highest BCUT2D eigenvalue weighted by molar-refractivity contribution is 5.95. The molecule has 0 heterocycles. The van der Waals surface area contributed by atoms with Gasteiger partial charge in [-0.05, 0) is 51.8 Å². The summed E-state index contributed by atoms with van der Waals surface area (Å²) in [5, 5.41) is 2.93. The van der Waals surface area contributed by atoms with Crippen molar-refractivity contribution in [1.29, 1.82) is 0 Å². The molecular formula is C24H33NO5. The first-order chi connectivity index (χ1) is 14.6. The molecule has 1 atom stereocenters. The van der Waals surface area contributed by atoms with E-state index in [2.05, 4.69) is 5.32 Å². The molecule has 0 aliphatic rings. The Morgan fingerprint density at radius 1 is 0.933 bits per heavy atom. The van der Waals surface area contributed by atoms with Crippen LogP contribution in [-0.4, -0.2) is 38.9 Å². The van der Waals surface area contributed by atoms with Crippen LogP contribution in [0.25, 0.3) is 0 Å². The van der Waals surface area contributed by atoms with Crippen LogP contribution >= 0.6 is 0 Å². The highest BCUT2D eigenvalue weighted by atomic mass is 16.5. The lowest BCUT2D eigenvalue weighted by Gasteiger charge is -2.17. The van der Waals surface area contributed by atoms with Gasteiger partial charge >= 0.3 is 0 Å². The average molecular weight is 416 g/mol. The van der Waals surface area contributed by atoms with Gasteiger partial charge < -0.3 is 24.3 Å². The molecule has 2 aromatic rings. The molecule has 1 N–H and O–H groups in total. The molecule has 2 aromatic carbocycles. The molecule has 6 heteroatoms. The number of rotatable bonds is 13. The second-order valence-corrected chi connectivity index (χ2v) is 6.63. The van der Waals surface area contributed by atoms with Gasteiger partial charge in [0.2, 0.25) is 5.75 Å². The normalized spacial score (nSPS) is 11.6. The van der Waals surface area contributed by atoms with E-state index < -0.39 is 0 Å². The fourth-order valence-corrected chi connectivity index (χ4v) is 2.98. The zero-order valence-corrected chi connectivity index (χ0v) is 18.4. The second kappa shape index (κ2) is 12.8. The minimum atomic E-state index is -0.184. The van der Waals surface area contributed by atoms with E-state index in [1.165, 1.54) is 0 Å². The van der Waals surface area contributed by atoms with E-state index in [0.717, 1.165) is 12.0 Å². The number of nitrogens with one attached hydrogen (secondary N) is 1. The Hall–Kier alpha value is -2.73. The molecule has 0 radical (unpaired) electrons. The quantitative estimate of drug-likeness (QED) is 0.477. The summed E-state index contributed by atoms with van der Waals surface area (Å²) in [6, 6.07) is 13.5. The van der Waals surface area contributed by atoms with Crippen LogP contribution < -0.4 is 19.5 Å². The van der Waals surface area contributed by atoms with Crippen LogP contribution in [-0.2, 0) is 4.74 Å². The third-order valence-electron chi connectivity index (χ3n) is 4.41. The molecule has 0 fully saturated rings. The number of carbonyl (C=O) groups is 1. The van der Waals surface area contributed by atoms with E-state index in [0.29, 0.717) is 55.8 Å². The molecule has 0 aromatic heterocycles. The maximum Gasteiger partial charge on any atom is 0.251 e. The van der Waals surface area contributed by atoms with E-state index >= 15 is 0 Å². The summed E-state index contributed by atoms with van der Waals surface area (Å²) in [5.41, 5.74) is 1.62. The second-order valence-electron chi connectivity index (χ2n) is 6.63. The lowest BCUT2D eigenvalue weighted by molar-refractivity contribution is 0.0635. The van der Waals surface area contributed by atoms with Crippen molar-refractivity contribution in [3.63, 3.8) is 0 Å². The number of ether oxygens (including phenoxy) is 4. The predicted octanol–water partition coefficient (Wildman–Crippen LogP) is 4.78. The summed E-state index contributed by atoms with van der Waals surface area (Å²) < 4.78 is 22.9. The molecule has 0 saturated carbocycles. The minimum absolute atomic E-state index is 0.0236. The summed E-state index contributed by atoms with van der Waals surface area (Å²) in [6.45, 7) is 10.2. The Morgan fingerprint density at radius 3 is 2.10 bits per heavy atom. The molecule has 6 nitrogen and oxygen atoms in total. The number of carbonyl (C=O) groups excluding carboxylic acids is 1. The number of amides is 1. The molecule has 164 valence electrons. The van der Waals surface area contributed by atoms with Gasteiger partial charge in [-0.25, -0.2) is 0 Å². The van der Waals surface area contributed by atoms with Gasteiger partial charge in [-0.3, -0.25) is 4.79 Å². The molecule has 30 heavy (non-hydrogen) atoms. The third-order valence-corrected chi connectivity index (χ3v) is 4.41. The SMILES string of the molecule is CCOc1cc(C(=O)NCCCOC(C)c2ccccc2)cc(OCC)c1OCC. The molecule has 1 unspecified atom stereocenters. The average Bonchev–Trinajstić information content (AvgIpc) is 2.76. The van der Waals surface area contributed by atoms with Crippen LogP contribution in [0, 0.1) is 0 Å². The highest BCUT2D eigenvalue weighted by Gasteiger charge is 2.18. The lowest BCUT2D eigenvalue weighted by Crippen LogP contribution is -2.25. The van der Waals surface area contributed by atoms with Gasteiger partial charge in [0.25, 0.3) is 5.91 Å². The van der Waals surface area contributed by atoms with Gasteiger partial charge in [0.1, 0.15) is 0 Å². The Kier molecular flexibility index (Phi) is 10.0. The van der Waals surface area contributed by atoms with E-state index in [1.54, 1.807) is 12.1 Å². The van der Waals surface area contributed by atoms with Gasteiger partial charge in [0, 0.05) is 18.7 Å². The summed E-state index contributed by atoms with van der Waals surface area (Å²) in [7, 11) is 0. The molecule has 0 aliphatic heterocycles. The number of hydrogen-bond acceptors (Lipinski definition) is 5. The topological polar surface area (TPSA) is 66.0 Å². The van der Waals surface area contributed by atoms with Crippen LogP contribution in [0.15, 0.2) is 42.5 Å². The fourth-order valence-electron chi connectivity index (χ4n) is 2.98. The Bertz CT molecular complexity index is 751. The first kappa shape index (κ1) is 23.5. The fraction of sp³-hybridized carbons (Fsp3) is 0.458. The largest absolute Gasteiger partial charge is 0.490 e. The highest BCUT2D eigenvalue weighted by Crippen LogP contribution is 2.39. The van der Waals surface area contributed by atoms with Crippen molar-refractivity contribution >= 4 is 5.91 Å². The van der Waals surface area contributed by atoms with Crippen molar-refractivity contribution in [3.05, 3.63) is 53.6 Å². The molecule has 0 aliphatic carbocycles. The molecule has 2 rings (SSSR count). The molecule has 0 bridgehead atoms. The Morgan fingerprint density at radius 2 is 1.53 bits per heavy atom. The zero-order valence-electron chi connectivity index (χ0n) is 18.4. The lowest BCUT2D eigenvalue weighted by atomic mass is 10.1. The third kappa shape index (κ3) is 6.95. The van der Waals surface area contributed by atoms with E-state index in [4.69, 9.17) is 18.9 Å². The van der Waals surface area contributed by atoms with Crippen molar-refractivity contribution < 1.29 is 23.7 Å².